The van der Waals surface area contributed by atoms with Crippen molar-refractivity contribution in [2.45, 2.75) is 32.7 Å². The summed E-state index contributed by atoms with van der Waals surface area (Å²) in [4.78, 5) is 2.76. The molecule has 1 saturated carbocycles. The molecule has 0 aromatic carbocycles. The normalized spacial score (nSPS) is 17.4. The summed E-state index contributed by atoms with van der Waals surface area (Å²) in [5.41, 5.74) is 1.43. The highest BCUT2D eigenvalue weighted by Gasteiger charge is 2.19. The summed E-state index contributed by atoms with van der Waals surface area (Å²) >= 11 is 1.86. The summed E-state index contributed by atoms with van der Waals surface area (Å²) in [6.07, 6.45) is 5.02. The molecule has 2 heteroatoms. The van der Waals surface area contributed by atoms with Crippen LogP contribution in [0.2, 0.25) is 0 Å². The van der Waals surface area contributed by atoms with E-state index in [1.165, 1.54) is 28.2 Å². The molecule has 14 heavy (non-hydrogen) atoms. The summed E-state index contributed by atoms with van der Waals surface area (Å²) < 4.78 is 0. The average molecular weight is 207 g/mol. The van der Waals surface area contributed by atoms with E-state index in [4.69, 9.17) is 0 Å². The Kier molecular flexibility index (Phi) is 3.04. The quantitative estimate of drug-likeness (QED) is 0.799. The first kappa shape index (κ1) is 9.94. The van der Waals surface area contributed by atoms with Gasteiger partial charge in [-0.2, -0.15) is 0 Å². The Balaban J connectivity index is 1.88. The van der Waals surface area contributed by atoms with Crippen LogP contribution >= 0.6 is 11.3 Å². The second kappa shape index (κ2) is 4.28. The number of rotatable bonds is 4. The predicted molar refractivity (Wildman–Crippen MR) is 63.7 cm³/mol. The van der Waals surface area contributed by atoms with E-state index in [0.29, 0.717) is 0 Å². The van der Waals surface area contributed by atoms with Crippen LogP contribution in [-0.2, 0) is 0 Å². The van der Waals surface area contributed by atoms with Crippen molar-refractivity contribution in [2.24, 2.45) is 0 Å². The minimum atomic E-state index is 0.809. The molecule has 2 rings (SSSR count). The largest absolute Gasteiger partial charge is 0.310 e. The molecule has 1 nitrogen and oxygen atoms in total. The molecule has 76 valence electrons. The molecule has 0 bridgehead atoms. The number of aryl methyl sites for hydroxylation is 1. The van der Waals surface area contributed by atoms with Gasteiger partial charge in [0.1, 0.15) is 0 Å². The first-order valence-electron chi connectivity index (χ1n) is 5.21. The van der Waals surface area contributed by atoms with Crippen LogP contribution in [0.25, 0.3) is 6.08 Å². The van der Waals surface area contributed by atoms with Gasteiger partial charge < -0.3 is 5.32 Å². The molecule has 1 aromatic rings. The molecule has 1 N–H and O–H groups in total. The van der Waals surface area contributed by atoms with E-state index in [0.717, 1.165) is 12.6 Å². The Morgan fingerprint density at radius 1 is 1.57 bits per heavy atom. The van der Waals surface area contributed by atoms with E-state index >= 15 is 0 Å². The Morgan fingerprint density at radius 3 is 2.93 bits per heavy atom. The zero-order chi connectivity index (χ0) is 9.97. The topological polar surface area (TPSA) is 12.0 Å². The van der Waals surface area contributed by atoms with Gasteiger partial charge in [0.15, 0.2) is 0 Å². The van der Waals surface area contributed by atoms with Gasteiger partial charge >= 0.3 is 0 Å². The number of hydrogen-bond donors (Lipinski definition) is 1. The van der Waals surface area contributed by atoms with Crippen molar-refractivity contribution in [2.75, 3.05) is 6.54 Å². The van der Waals surface area contributed by atoms with Crippen LogP contribution in [0.4, 0.5) is 0 Å². The van der Waals surface area contributed by atoms with Gasteiger partial charge in [0, 0.05) is 22.3 Å². The number of hydrogen-bond acceptors (Lipinski definition) is 2. The van der Waals surface area contributed by atoms with Crippen molar-refractivity contribution in [3.63, 3.8) is 0 Å². The third kappa shape index (κ3) is 2.96. The first-order valence-corrected chi connectivity index (χ1v) is 6.03. The molecule has 0 atom stereocenters. The van der Waals surface area contributed by atoms with Crippen LogP contribution in [0.1, 0.15) is 29.5 Å². The van der Waals surface area contributed by atoms with Crippen molar-refractivity contribution in [3.8, 4) is 0 Å². The average Bonchev–Trinajstić information content (AvgIpc) is 2.88. The van der Waals surface area contributed by atoms with Gasteiger partial charge in [0.05, 0.1) is 0 Å². The third-order valence-electron chi connectivity index (χ3n) is 2.40. The zero-order valence-electron chi connectivity index (χ0n) is 8.84. The molecule has 0 radical (unpaired) electrons. The standard InChI is InChI=1S/C12H17NS/c1-9(8-13-11-4-5-11)7-12-6-3-10(2)14-12/h3,6-7,11,13H,4-5,8H2,1-2H3. The summed E-state index contributed by atoms with van der Waals surface area (Å²) in [7, 11) is 0. The summed E-state index contributed by atoms with van der Waals surface area (Å²) in [6, 6.07) is 5.18. The lowest BCUT2D eigenvalue weighted by atomic mass is 10.2. The fraction of sp³-hybridized carbons (Fsp3) is 0.500. The highest BCUT2D eigenvalue weighted by molar-refractivity contribution is 7.12. The van der Waals surface area contributed by atoms with Crippen LogP contribution < -0.4 is 5.32 Å². The van der Waals surface area contributed by atoms with Crippen molar-refractivity contribution >= 4 is 17.4 Å². The van der Waals surface area contributed by atoms with Gasteiger partial charge in [-0.1, -0.05) is 5.57 Å². The van der Waals surface area contributed by atoms with Crippen molar-refractivity contribution in [1.82, 2.24) is 5.32 Å². The number of nitrogens with one attached hydrogen (secondary N) is 1. The lowest BCUT2D eigenvalue weighted by Gasteiger charge is -2.01. The van der Waals surface area contributed by atoms with Gasteiger partial charge in [-0.3, -0.25) is 0 Å². The maximum atomic E-state index is 3.52. The molecule has 0 amide bonds. The second-order valence-corrected chi connectivity index (χ2v) is 5.41. The van der Waals surface area contributed by atoms with E-state index in [1.807, 2.05) is 11.3 Å². The Morgan fingerprint density at radius 2 is 2.36 bits per heavy atom. The molecule has 1 fully saturated rings. The van der Waals surface area contributed by atoms with Crippen LogP contribution in [0.3, 0.4) is 0 Å². The summed E-state index contributed by atoms with van der Waals surface area (Å²) in [5, 5.41) is 3.52. The molecule has 1 aliphatic carbocycles. The Hall–Kier alpha value is -0.600. The maximum absolute atomic E-state index is 3.52. The van der Waals surface area contributed by atoms with E-state index in [-0.39, 0.29) is 0 Å². The summed E-state index contributed by atoms with van der Waals surface area (Å²) in [6.45, 7) is 5.39. The second-order valence-electron chi connectivity index (χ2n) is 4.09. The molecule has 1 heterocycles. The molecular formula is C12H17NS. The number of thiophene rings is 1. The monoisotopic (exact) mass is 207 g/mol. The molecule has 0 unspecified atom stereocenters. The van der Waals surface area contributed by atoms with Gasteiger partial charge in [0.2, 0.25) is 0 Å². The van der Waals surface area contributed by atoms with E-state index in [2.05, 4.69) is 37.4 Å². The minimum Gasteiger partial charge on any atom is -0.310 e. The zero-order valence-corrected chi connectivity index (χ0v) is 9.66. The van der Waals surface area contributed by atoms with E-state index in [9.17, 15) is 0 Å². The lowest BCUT2D eigenvalue weighted by molar-refractivity contribution is 0.736. The molecular weight excluding hydrogens is 190 g/mol. The Bertz CT molecular complexity index is 334. The van der Waals surface area contributed by atoms with Crippen LogP contribution in [-0.4, -0.2) is 12.6 Å². The lowest BCUT2D eigenvalue weighted by Crippen LogP contribution is -2.18. The maximum Gasteiger partial charge on any atom is 0.0273 e. The van der Waals surface area contributed by atoms with Crippen LogP contribution in [0, 0.1) is 6.92 Å². The summed E-state index contributed by atoms with van der Waals surface area (Å²) in [5.74, 6) is 0. The first-order chi connectivity index (χ1) is 6.74. The predicted octanol–water partition coefficient (Wildman–Crippen LogP) is 3.21. The van der Waals surface area contributed by atoms with Crippen molar-refractivity contribution in [1.29, 1.82) is 0 Å². The highest BCUT2D eigenvalue weighted by atomic mass is 32.1. The van der Waals surface area contributed by atoms with Gasteiger partial charge in [-0.15, -0.1) is 11.3 Å². The third-order valence-corrected chi connectivity index (χ3v) is 3.34. The molecule has 0 spiro atoms. The van der Waals surface area contributed by atoms with Crippen LogP contribution in [0.5, 0.6) is 0 Å². The molecule has 1 aliphatic rings. The van der Waals surface area contributed by atoms with Crippen molar-refractivity contribution < 1.29 is 0 Å². The highest BCUT2D eigenvalue weighted by Crippen LogP contribution is 2.20. The van der Waals surface area contributed by atoms with Crippen molar-refractivity contribution in [3.05, 3.63) is 27.5 Å². The molecule has 1 aromatic heterocycles. The molecule has 0 saturated heterocycles. The van der Waals surface area contributed by atoms with E-state index in [1.54, 1.807) is 0 Å². The SMILES string of the molecule is CC(=Cc1ccc(C)s1)CNC1CC1. The fourth-order valence-electron chi connectivity index (χ4n) is 1.42. The van der Waals surface area contributed by atoms with Gasteiger partial charge in [-0.05, 0) is 44.9 Å². The Labute approximate surface area is 89.8 Å². The van der Waals surface area contributed by atoms with Crippen LogP contribution in [0.15, 0.2) is 17.7 Å². The minimum absolute atomic E-state index is 0.809. The fourth-order valence-corrected chi connectivity index (χ4v) is 2.32. The smallest absolute Gasteiger partial charge is 0.0273 e. The molecule has 0 aliphatic heterocycles. The van der Waals surface area contributed by atoms with E-state index < -0.39 is 0 Å². The van der Waals surface area contributed by atoms with Gasteiger partial charge in [0.25, 0.3) is 0 Å². The van der Waals surface area contributed by atoms with Gasteiger partial charge in [-0.25, -0.2) is 0 Å².